The van der Waals surface area contributed by atoms with Crippen LogP contribution in [0.25, 0.3) is 0 Å². The van der Waals surface area contributed by atoms with Crippen LogP contribution in [0, 0.1) is 17.8 Å². The first-order chi connectivity index (χ1) is 13.9. The largest absolute Gasteiger partial charge is 0.678 e. The molecule has 0 radical (unpaired) electrons. The van der Waals surface area contributed by atoms with E-state index in [0.29, 0.717) is 37.6 Å². The molecule has 0 aliphatic rings. The third kappa shape index (κ3) is 50.5. The maximum Gasteiger partial charge on any atom is 0.678 e. The molecule has 0 aromatic heterocycles. The van der Waals surface area contributed by atoms with Gasteiger partial charge in [-0.05, 0) is 80.1 Å². The standard InChI is InChI=1S/C12H28O4Si.3C4H10O.Ti/c1-10(2,3)14-17(13,15-11(4,5)6)16-12(7,8)9;3*1-4(2)3-5;/h13H,1-9H3;3*4-5H,3H2,1-2H3;. The summed E-state index contributed by atoms with van der Waals surface area (Å²) >= 11 is 0. The Kier molecular flexibility index (Phi) is 27.6. The minimum Gasteiger partial charge on any atom is -0.396 e. The van der Waals surface area contributed by atoms with Crippen molar-refractivity contribution in [2.45, 2.75) is 121 Å². The summed E-state index contributed by atoms with van der Waals surface area (Å²) in [6.07, 6.45) is 0. The van der Waals surface area contributed by atoms with Gasteiger partial charge in [0.05, 0.1) is 16.8 Å². The van der Waals surface area contributed by atoms with Gasteiger partial charge in [-0.2, -0.15) is 0 Å². The number of rotatable bonds is 6. The Morgan fingerprint density at radius 3 is 0.697 bits per heavy atom. The molecule has 0 fully saturated rings. The summed E-state index contributed by atoms with van der Waals surface area (Å²) in [5.74, 6) is 1.32. The molecular formula is C24H58O7SiTi. The number of aliphatic hydroxyl groups excluding tert-OH is 3. The average molecular weight is 535 g/mol. The second-order valence-corrected chi connectivity index (χ2v) is 13.6. The first kappa shape index (κ1) is 43.7. The maximum atomic E-state index is 10.5. The Morgan fingerprint density at radius 1 is 0.515 bits per heavy atom. The Morgan fingerprint density at radius 2 is 0.636 bits per heavy atom. The van der Waals surface area contributed by atoms with E-state index >= 15 is 0 Å². The second kappa shape index (κ2) is 20.8. The molecule has 0 atom stereocenters. The van der Waals surface area contributed by atoms with Crippen molar-refractivity contribution in [3.8, 4) is 0 Å². The quantitative estimate of drug-likeness (QED) is 0.364. The molecule has 0 bridgehead atoms. The van der Waals surface area contributed by atoms with E-state index in [9.17, 15) is 4.80 Å². The van der Waals surface area contributed by atoms with Crippen molar-refractivity contribution in [3.63, 3.8) is 0 Å². The van der Waals surface area contributed by atoms with E-state index in [-0.39, 0.29) is 21.7 Å². The molecule has 204 valence electrons. The Balaban J connectivity index is -0.000000133. The topological polar surface area (TPSA) is 109 Å². The van der Waals surface area contributed by atoms with Crippen molar-refractivity contribution >= 4 is 9.05 Å². The second-order valence-electron chi connectivity index (χ2n) is 11.9. The summed E-state index contributed by atoms with van der Waals surface area (Å²) in [6, 6.07) is 0. The molecule has 0 aromatic carbocycles. The van der Waals surface area contributed by atoms with Crippen LogP contribution >= 0.6 is 0 Å². The van der Waals surface area contributed by atoms with Crippen LogP contribution < -0.4 is 0 Å². The van der Waals surface area contributed by atoms with Crippen molar-refractivity contribution in [1.82, 2.24) is 0 Å². The van der Waals surface area contributed by atoms with E-state index in [4.69, 9.17) is 28.6 Å². The molecule has 4 N–H and O–H groups in total. The normalized spacial score (nSPS) is 12.2. The van der Waals surface area contributed by atoms with E-state index in [1.165, 1.54) is 0 Å². The molecule has 0 aliphatic carbocycles. The molecule has 0 saturated carbocycles. The predicted octanol–water partition coefficient (Wildman–Crippen LogP) is 4.76. The van der Waals surface area contributed by atoms with Crippen molar-refractivity contribution in [1.29, 1.82) is 0 Å². The van der Waals surface area contributed by atoms with Crippen LogP contribution in [0.1, 0.15) is 104 Å². The van der Waals surface area contributed by atoms with Crippen molar-refractivity contribution in [3.05, 3.63) is 0 Å². The van der Waals surface area contributed by atoms with Gasteiger partial charge in [-0.3, -0.25) is 0 Å². The van der Waals surface area contributed by atoms with Gasteiger partial charge in [0, 0.05) is 41.5 Å². The van der Waals surface area contributed by atoms with Crippen LogP contribution in [0.2, 0.25) is 0 Å². The fraction of sp³-hybridized carbons (Fsp3) is 1.00. The van der Waals surface area contributed by atoms with E-state index in [1.54, 1.807) is 0 Å². The van der Waals surface area contributed by atoms with Crippen molar-refractivity contribution in [2.24, 2.45) is 17.8 Å². The van der Waals surface area contributed by atoms with Crippen LogP contribution in [-0.2, 0) is 35.0 Å². The molecule has 0 amide bonds. The van der Waals surface area contributed by atoms with Gasteiger partial charge < -0.3 is 33.4 Å². The molecule has 0 aliphatic heterocycles. The zero-order valence-electron chi connectivity index (χ0n) is 24.4. The van der Waals surface area contributed by atoms with Gasteiger partial charge in [0.2, 0.25) is 0 Å². The Hall–Kier alpha value is 0.651. The third-order valence-electron chi connectivity index (χ3n) is 2.40. The van der Waals surface area contributed by atoms with E-state index < -0.39 is 25.9 Å². The summed E-state index contributed by atoms with van der Waals surface area (Å²) in [5.41, 5.74) is -1.55. The molecule has 0 aromatic rings. The van der Waals surface area contributed by atoms with E-state index in [1.807, 2.05) is 104 Å². The fourth-order valence-corrected chi connectivity index (χ4v) is 3.67. The first-order valence-electron chi connectivity index (χ1n) is 11.6. The van der Waals surface area contributed by atoms with Crippen molar-refractivity contribution < 1.29 is 55.1 Å². The van der Waals surface area contributed by atoms with Crippen LogP contribution in [-0.4, -0.2) is 65.8 Å². The van der Waals surface area contributed by atoms with Gasteiger partial charge in [0.1, 0.15) is 0 Å². The van der Waals surface area contributed by atoms with Gasteiger partial charge in [0.15, 0.2) is 0 Å². The molecule has 0 unspecified atom stereocenters. The average Bonchev–Trinajstić information content (AvgIpc) is 2.50. The summed E-state index contributed by atoms with van der Waals surface area (Å²) in [5, 5.41) is 24.4. The zero-order chi connectivity index (χ0) is 27.0. The summed E-state index contributed by atoms with van der Waals surface area (Å²) in [4.78, 5) is 10.5. The molecule has 9 heteroatoms. The number of hydrogen-bond donors (Lipinski definition) is 4. The molecule has 0 saturated heterocycles. The zero-order valence-corrected chi connectivity index (χ0v) is 26.9. The van der Waals surface area contributed by atoms with E-state index in [0.717, 1.165) is 0 Å². The Bertz CT molecular complexity index is 353. The van der Waals surface area contributed by atoms with Crippen LogP contribution in [0.3, 0.4) is 0 Å². The van der Waals surface area contributed by atoms with Crippen LogP contribution in [0.5, 0.6) is 0 Å². The molecule has 7 nitrogen and oxygen atoms in total. The van der Waals surface area contributed by atoms with Crippen molar-refractivity contribution in [2.75, 3.05) is 19.8 Å². The molecule has 0 heterocycles. The van der Waals surface area contributed by atoms with Crippen LogP contribution in [0.15, 0.2) is 0 Å². The number of hydrogen-bond acceptors (Lipinski definition) is 7. The minimum atomic E-state index is -3.66. The maximum absolute atomic E-state index is 10.5. The summed E-state index contributed by atoms with van der Waals surface area (Å²) in [7, 11) is -3.66. The molecule has 0 spiro atoms. The van der Waals surface area contributed by atoms with Gasteiger partial charge >= 0.3 is 9.05 Å². The minimum absolute atomic E-state index is 0. The van der Waals surface area contributed by atoms with Crippen LogP contribution in [0.4, 0.5) is 0 Å². The van der Waals surface area contributed by atoms with E-state index in [2.05, 4.69) is 0 Å². The molecule has 0 rings (SSSR count). The molecular weight excluding hydrogens is 476 g/mol. The monoisotopic (exact) mass is 534 g/mol. The first-order valence-corrected chi connectivity index (χ1v) is 13.3. The number of aliphatic hydroxyl groups is 3. The fourth-order valence-electron chi connectivity index (χ4n) is 1.22. The SMILES string of the molecule is CC(C)(C)O[Si](O)(OC(C)(C)C)OC(C)(C)C.CC(C)CO.CC(C)CO.CC(C)CO.[Ti]. The van der Waals surface area contributed by atoms with Gasteiger partial charge in [0.25, 0.3) is 0 Å². The van der Waals surface area contributed by atoms with Gasteiger partial charge in [-0.25, -0.2) is 0 Å². The Labute approximate surface area is 222 Å². The third-order valence-corrected chi connectivity index (χ3v) is 5.01. The summed E-state index contributed by atoms with van der Waals surface area (Å²) < 4.78 is 16.9. The summed E-state index contributed by atoms with van der Waals surface area (Å²) in [6.45, 7) is 29.5. The van der Waals surface area contributed by atoms with Gasteiger partial charge in [-0.1, -0.05) is 41.5 Å². The van der Waals surface area contributed by atoms with Gasteiger partial charge in [-0.15, -0.1) is 0 Å². The molecule has 33 heavy (non-hydrogen) atoms. The predicted molar refractivity (Wildman–Crippen MR) is 136 cm³/mol. The smallest absolute Gasteiger partial charge is 0.396 e.